The van der Waals surface area contributed by atoms with Crippen LogP contribution in [0.4, 0.5) is 8.78 Å². The van der Waals surface area contributed by atoms with Crippen molar-refractivity contribution >= 4 is 17.7 Å². The molecule has 0 aliphatic heterocycles. The molecule has 1 amide bonds. The molecule has 3 nitrogen and oxygen atoms in total. The molecule has 18 heavy (non-hydrogen) atoms. The highest BCUT2D eigenvalue weighted by Crippen LogP contribution is 2.19. The fourth-order valence-corrected chi connectivity index (χ4v) is 2.01. The summed E-state index contributed by atoms with van der Waals surface area (Å²) in [5, 5.41) is 5.72. The first-order valence-electron chi connectivity index (χ1n) is 5.62. The van der Waals surface area contributed by atoms with Gasteiger partial charge in [-0.15, -0.1) is 11.8 Å². The third-order valence-corrected chi connectivity index (χ3v) is 3.18. The van der Waals surface area contributed by atoms with Crippen molar-refractivity contribution in [1.29, 1.82) is 0 Å². The van der Waals surface area contributed by atoms with Gasteiger partial charge in [0.1, 0.15) is 0 Å². The zero-order chi connectivity index (χ0) is 13.4. The number of thioether (sulfide) groups is 1. The predicted octanol–water partition coefficient (Wildman–Crippen LogP) is 1.78. The number of nitrogens with one attached hydrogen (secondary N) is 2. The van der Waals surface area contributed by atoms with Crippen molar-refractivity contribution in [2.75, 3.05) is 25.9 Å². The second kappa shape index (κ2) is 8.05. The highest BCUT2D eigenvalue weighted by atomic mass is 32.2. The first kappa shape index (κ1) is 14.9. The summed E-state index contributed by atoms with van der Waals surface area (Å²) in [7, 11) is 1.85. The molecule has 0 unspecified atom stereocenters. The molecule has 1 aromatic carbocycles. The van der Waals surface area contributed by atoms with Crippen LogP contribution in [-0.4, -0.2) is 31.8 Å². The smallest absolute Gasteiger partial charge is 0.230 e. The van der Waals surface area contributed by atoms with E-state index in [1.807, 2.05) is 7.05 Å². The minimum absolute atomic E-state index is 0.110. The Labute approximate surface area is 109 Å². The topological polar surface area (TPSA) is 41.1 Å². The van der Waals surface area contributed by atoms with Gasteiger partial charge in [-0.2, -0.15) is 0 Å². The van der Waals surface area contributed by atoms with Crippen LogP contribution >= 0.6 is 11.8 Å². The van der Waals surface area contributed by atoms with Crippen LogP contribution in [0, 0.1) is 11.6 Å². The lowest BCUT2D eigenvalue weighted by Gasteiger charge is -2.05. The van der Waals surface area contributed by atoms with Crippen molar-refractivity contribution in [2.45, 2.75) is 11.3 Å². The van der Waals surface area contributed by atoms with Crippen molar-refractivity contribution in [3.63, 3.8) is 0 Å². The van der Waals surface area contributed by atoms with Crippen LogP contribution < -0.4 is 10.6 Å². The lowest BCUT2D eigenvalue weighted by molar-refractivity contribution is -0.118. The predicted molar refractivity (Wildman–Crippen MR) is 68.6 cm³/mol. The first-order valence-corrected chi connectivity index (χ1v) is 6.61. The molecule has 0 atom stereocenters. The van der Waals surface area contributed by atoms with Crippen LogP contribution in [0.3, 0.4) is 0 Å². The van der Waals surface area contributed by atoms with E-state index in [9.17, 15) is 13.6 Å². The van der Waals surface area contributed by atoms with E-state index in [0.29, 0.717) is 11.4 Å². The van der Waals surface area contributed by atoms with Crippen LogP contribution in [0.2, 0.25) is 0 Å². The van der Waals surface area contributed by atoms with Crippen molar-refractivity contribution in [2.24, 2.45) is 0 Å². The Kier molecular flexibility index (Phi) is 6.67. The molecule has 1 aromatic rings. The van der Waals surface area contributed by atoms with E-state index < -0.39 is 11.6 Å². The van der Waals surface area contributed by atoms with E-state index in [-0.39, 0.29) is 11.7 Å². The summed E-state index contributed by atoms with van der Waals surface area (Å²) in [4.78, 5) is 12.0. The van der Waals surface area contributed by atoms with Crippen molar-refractivity contribution in [3.8, 4) is 0 Å². The summed E-state index contributed by atoms with van der Waals surface area (Å²) in [6.45, 7) is 1.45. The largest absolute Gasteiger partial charge is 0.355 e. The van der Waals surface area contributed by atoms with Crippen LogP contribution in [-0.2, 0) is 4.79 Å². The molecule has 0 aliphatic rings. The SMILES string of the molecule is CNCCCNC(=O)CSc1ccc(F)c(F)c1. The van der Waals surface area contributed by atoms with E-state index >= 15 is 0 Å². The van der Waals surface area contributed by atoms with E-state index in [2.05, 4.69) is 10.6 Å². The summed E-state index contributed by atoms with van der Waals surface area (Å²) in [5.41, 5.74) is 0. The van der Waals surface area contributed by atoms with Gasteiger partial charge in [-0.3, -0.25) is 4.79 Å². The Hall–Kier alpha value is -1.14. The minimum atomic E-state index is -0.894. The molecule has 2 N–H and O–H groups in total. The van der Waals surface area contributed by atoms with E-state index in [1.165, 1.54) is 17.8 Å². The molecular weight excluding hydrogens is 258 g/mol. The maximum atomic E-state index is 12.9. The van der Waals surface area contributed by atoms with Crippen molar-refractivity contribution < 1.29 is 13.6 Å². The Balaban J connectivity index is 2.27. The second-order valence-corrected chi connectivity index (χ2v) is 4.72. The fourth-order valence-electron chi connectivity index (χ4n) is 1.26. The van der Waals surface area contributed by atoms with Gasteiger partial charge in [-0.05, 0) is 38.2 Å². The zero-order valence-corrected chi connectivity index (χ0v) is 10.9. The average Bonchev–Trinajstić information content (AvgIpc) is 2.36. The molecular formula is C12H16F2N2OS. The monoisotopic (exact) mass is 274 g/mol. The molecule has 0 aromatic heterocycles. The van der Waals surface area contributed by atoms with Gasteiger partial charge in [0.15, 0.2) is 11.6 Å². The highest BCUT2D eigenvalue weighted by Gasteiger charge is 2.05. The van der Waals surface area contributed by atoms with Crippen molar-refractivity contribution in [1.82, 2.24) is 10.6 Å². The average molecular weight is 274 g/mol. The van der Waals surface area contributed by atoms with E-state index in [0.717, 1.165) is 25.1 Å². The van der Waals surface area contributed by atoms with Crippen LogP contribution in [0.15, 0.2) is 23.1 Å². The number of carbonyl (C=O) groups is 1. The Morgan fingerprint density at radius 2 is 2.06 bits per heavy atom. The molecule has 0 heterocycles. The lowest BCUT2D eigenvalue weighted by Crippen LogP contribution is -2.27. The van der Waals surface area contributed by atoms with Crippen LogP contribution in [0.25, 0.3) is 0 Å². The molecule has 0 saturated carbocycles. The van der Waals surface area contributed by atoms with Gasteiger partial charge in [0, 0.05) is 11.4 Å². The van der Waals surface area contributed by atoms with Gasteiger partial charge < -0.3 is 10.6 Å². The summed E-state index contributed by atoms with van der Waals surface area (Å²) in [6, 6.07) is 3.61. The first-order chi connectivity index (χ1) is 8.63. The lowest BCUT2D eigenvalue weighted by atomic mass is 10.3. The standard InChI is InChI=1S/C12H16F2N2OS/c1-15-5-2-6-16-12(17)8-18-9-3-4-10(13)11(14)7-9/h3-4,7,15H,2,5-6,8H2,1H3,(H,16,17). The van der Waals surface area contributed by atoms with Crippen molar-refractivity contribution in [3.05, 3.63) is 29.8 Å². The number of hydrogen-bond acceptors (Lipinski definition) is 3. The minimum Gasteiger partial charge on any atom is -0.355 e. The van der Waals surface area contributed by atoms with Gasteiger partial charge in [-0.1, -0.05) is 0 Å². The number of hydrogen-bond donors (Lipinski definition) is 2. The number of benzene rings is 1. The molecule has 100 valence electrons. The Bertz CT molecular complexity index is 402. The third-order valence-electron chi connectivity index (χ3n) is 2.19. The maximum Gasteiger partial charge on any atom is 0.230 e. The van der Waals surface area contributed by atoms with Crippen LogP contribution in [0.5, 0.6) is 0 Å². The van der Waals surface area contributed by atoms with Gasteiger partial charge in [-0.25, -0.2) is 8.78 Å². The fraction of sp³-hybridized carbons (Fsp3) is 0.417. The number of amides is 1. The van der Waals surface area contributed by atoms with E-state index in [1.54, 1.807) is 0 Å². The Morgan fingerprint density at radius 1 is 1.28 bits per heavy atom. The number of carbonyl (C=O) groups excluding carboxylic acids is 1. The summed E-state index contributed by atoms with van der Waals surface area (Å²) >= 11 is 1.18. The van der Waals surface area contributed by atoms with Gasteiger partial charge >= 0.3 is 0 Å². The molecule has 6 heteroatoms. The third kappa shape index (κ3) is 5.46. The molecule has 1 rings (SSSR count). The zero-order valence-electron chi connectivity index (χ0n) is 10.1. The van der Waals surface area contributed by atoms with Gasteiger partial charge in [0.05, 0.1) is 5.75 Å². The highest BCUT2D eigenvalue weighted by molar-refractivity contribution is 8.00. The normalized spacial score (nSPS) is 10.4. The van der Waals surface area contributed by atoms with Crippen LogP contribution in [0.1, 0.15) is 6.42 Å². The number of rotatable bonds is 7. The maximum absolute atomic E-state index is 12.9. The Morgan fingerprint density at radius 3 is 2.72 bits per heavy atom. The summed E-state index contributed by atoms with van der Waals surface area (Å²) in [6.07, 6.45) is 0.859. The molecule has 0 aliphatic carbocycles. The summed E-state index contributed by atoms with van der Waals surface area (Å²) in [5.74, 6) is -1.68. The van der Waals surface area contributed by atoms with Gasteiger partial charge in [0.25, 0.3) is 0 Å². The quantitative estimate of drug-likeness (QED) is 0.588. The second-order valence-electron chi connectivity index (χ2n) is 3.67. The molecule has 0 bridgehead atoms. The molecule has 0 saturated heterocycles. The number of halogens is 2. The summed E-state index contributed by atoms with van der Waals surface area (Å²) < 4.78 is 25.6. The molecule has 0 fully saturated rings. The van der Waals surface area contributed by atoms with E-state index in [4.69, 9.17) is 0 Å². The van der Waals surface area contributed by atoms with Gasteiger partial charge in [0.2, 0.25) is 5.91 Å². The molecule has 0 radical (unpaired) electrons. The molecule has 0 spiro atoms.